The molecule has 0 atom stereocenters. The Morgan fingerprint density at radius 2 is 1.73 bits per heavy atom. The van der Waals surface area contributed by atoms with Gasteiger partial charge >= 0.3 is 12.2 Å². The molecule has 0 aliphatic carbocycles. The van der Waals surface area contributed by atoms with E-state index in [1.165, 1.54) is 32.4 Å². The number of benzene rings is 2. The number of carbonyl (C=O) groups is 3. The lowest BCUT2D eigenvalue weighted by molar-refractivity contribution is -0.137. The molecule has 10 heteroatoms. The van der Waals surface area contributed by atoms with Crippen LogP contribution in [0.4, 0.5) is 23.7 Å². The third kappa shape index (κ3) is 3.97. The Morgan fingerprint density at radius 3 is 2.37 bits per heavy atom. The number of urea groups is 1. The minimum atomic E-state index is -4.67. The Labute approximate surface area is 168 Å². The Hall–Kier alpha value is -3.82. The predicted octanol–water partition coefficient (Wildman–Crippen LogP) is 3.39. The molecule has 2 aromatic carbocycles. The molecule has 1 aliphatic heterocycles. The summed E-state index contributed by atoms with van der Waals surface area (Å²) in [4.78, 5) is 37.8. The standard InChI is InChI=1S/C20H15F3N2O5/c1-29-14-7-6-11(16(10-14)30-2)8-15-17(26)24-19(28)25(18(15)27)13-5-3-4-12(9-13)20(21,22)23/h3-10H,1-2H3,(H,24,26,28)/b15-8-. The molecule has 1 fully saturated rings. The molecule has 3 rings (SSSR count). The largest absolute Gasteiger partial charge is 0.497 e. The second-order valence-corrected chi connectivity index (χ2v) is 6.11. The highest BCUT2D eigenvalue weighted by Gasteiger charge is 2.38. The van der Waals surface area contributed by atoms with Crippen molar-refractivity contribution in [2.24, 2.45) is 0 Å². The van der Waals surface area contributed by atoms with Crippen molar-refractivity contribution >= 4 is 29.6 Å². The van der Waals surface area contributed by atoms with Crippen molar-refractivity contribution in [2.75, 3.05) is 19.1 Å². The fraction of sp³-hybridized carbons (Fsp3) is 0.150. The van der Waals surface area contributed by atoms with E-state index >= 15 is 0 Å². The van der Waals surface area contributed by atoms with Crippen LogP contribution in [-0.2, 0) is 15.8 Å². The molecule has 1 heterocycles. The first-order valence-corrected chi connectivity index (χ1v) is 8.46. The second-order valence-electron chi connectivity index (χ2n) is 6.11. The summed E-state index contributed by atoms with van der Waals surface area (Å²) >= 11 is 0. The summed E-state index contributed by atoms with van der Waals surface area (Å²) in [6, 6.07) is 7.14. The third-order valence-electron chi connectivity index (χ3n) is 4.27. The van der Waals surface area contributed by atoms with Gasteiger partial charge in [-0.25, -0.2) is 9.69 Å². The molecular weight excluding hydrogens is 405 g/mol. The van der Waals surface area contributed by atoms with E-state index in [0.29, 0.717) is 22.3 Å². The van der Waals surface area contributed by atoms with Gasteiger partial charge in [0.1, 0.15) is 17.1 Å². The first kappa shape index (κ1) is 20.9. The van der Waals surface area contributed by atoms with Gasteiger partial charge in [0.05, 0.1) is 25.5 Å². The molecule has 4 amide bonds. The summed E-state index contributed by atoms with van der Waals surface area (Å²) in [5, 5.41) is 1.96. The topological polar surface area (TPSA) is 84.9 Å². The lowest BCUT2D eigenvalue weighted by Gasteiger charge is -2.27. The fourth-order valence-electron chi connectivity index (χ4n) is 2.81. The number of rotatable bonds is 4. The summed E-state index contributed by atoms with van der Waals surface area (Å²) in [5.74, 6) is -1.30. The number of amides is 4. The van der Waals surface area contributed by atoms with Crippen molar-refractivity contribution in [3.8, 4) is 11.5 Å². The van der Waals surface area contributed by atoms with Crippen LogP contribution < -0.4 is 19.7 Å². The molecule has 0 saturated carbocycles. The zero-order chi connectivity index (χ0) is 22.1. The highest BCUT2D eigenvalue weighted by molar-refractivity contribution is 6.39. The van der Waals surface area contributed by atoms with Crippen LogP contribution in [0.15, 0.2) is 48.0 Å². The Morgan fingerprint density at radius 1 is 1.00 bits per heavy atom. The van der Waals surface area contributed by atoms with Crippen LogP contribution in [0.5, 0.6) is 11.5 Å². The number of nitrogens with one attached hydrogen (secondary N) is 1. The number of imide groups is 2. The summed E-state index contributed by atoms with van der Waals surface area (Å²) < 4.78 is 49.3. The third-order valence-corrected chi connectivity index (χ3v) is 4.27. The maximum Gasteiger partial charge on any atom is 0.416 e. The van der Waals surface area contributed by atoms with E-state index in [2.05, 4.69) is 0 Å². The van der Waals surface area contributed by atoms with Crippen molar-refractivity contribution in [1.29, 1.82) is 0 Å². The summed E-state index contributed by atoms with van der Waals surface area (Å²) in [6.07, 6.45) is -3.49. The van der Waals surface area contributed by atoms with Gasteiger partial charge in [-0.15, -0.1) is 0 Å². The SMILES string of the molecule is COc1ccc(/C=C2/C(=O)NC(=O)N(c3cccc(C(F)(F)F)c3)C2=O)c(OC)c1. The van der Waals surface area contributed by atoms with Gasteiger partial charge in [0.25, 0.3) is 11.8 Å². The maximum atomic E-state index is 13.0. The van der Waals surface area contributed by atoms with Gasteiger partial charge in [-0.3, -0.25) is 14.9 Å². The van der Waals surface area contributed by atoms with E-state index in [1.54, 1.807) is 6.07 Å². The molecule has 156 valence electrons. The molecule has 0 bridgehead atoms. The van der Waals surface area contributed by atoms with Crippen molar-refractivity contribution < 1.29 is 37.0 Å². The zero-order valence-corrected chi connectivity index (χ0v) is 15.7. The fourth-order valence-corrected chi connectivity index (χ4v) is 2.81. The van der Waals surface area contributed by atoms with Gasteiger partial charge < -0.3 is 9.47 Å². The van der Waals surface area contributed by atoms with Crippen LogP contribution in [0, 0.1) is 0 Å². The average molecular weight is 420 g/mol. The number of hydrogen-bond donors (Lipinski definition) is 1. The Balaban J connectivity index is 2.05. The summed E-state index contributed by atoms with van der Waals surface area (Å²) in [5.41, 5.74) is -1.49. The maximum absolute atomic E-state index is 13.0. The van der Waals surface area contributed by atoms with E-state index in [9.17, 15) is 27.6 Å². The molecule has 0 aromatic heterocycles. The molecule has 0 radical (unpaired) electrons. The number of ether oxygens (including phenoxy) is 2. The average Bonchev–Trinajstić information content (AvgIpc) is 2.70. The first-order valence-electron chi connectivity index (χ1n) is 8.46. The second kappa shape index (κ2) is 7.90. The monoisotopic (exact) mass is 420 g/mol. The number of alkyl halides is 3. The molecular formula is C20H15F3N2O5. The number of hydrogen-bond acceptors (Lipinski definition) is 5. The number of methoxy groups -OCH3 is 2. The van der Waals surface area contributed by atoms with Gasteiger partial charge in [0.15, 0.2) is 0 Å². The van der Waals surface area contributed by atoms with Crippen molar-refractivity contribution in [3.05, 3.63) is 59.2 Å². The van der Waals surface area contributed by atoms with Crippen LogP contribution >= 0.6 is 0 Å². The molecule has 1 saturated heterocycles. The van der Waals surface area contributed by atoms with Crippen LogP contribution in [0.3, 0.4) is 0 Å². The molecule has 30 heavy (non-hydrogen) atoms. The van der Waals surface area contributed by atoms with Crippen LogP contribution in [-0.4, -0.2) is 32.1 Å². The highest BCUT2D eigenvalue weighted by atomic mass is 19.4. The van der Waals surface area contributed by atoms with Gasteiger partial charge in [-0.1, -0.05) is 6.07 Å². The van der Waals surface area contributed by atoms with E-state index in [0.717, 1.165) is 18.2 Å². The van der Waals surface area contributed by atoms with Crippen LogP contribution in [0.1, 0.15) is 11.1 Å². The first-order chi connectivity index (χ1) is 14.2. The minimum Gasteiger partial charge on any atom is -0.497 e. The van der Waals surface area contributed by atoms with E-state index in [4.69, 9.17) is 9.47 Å². The number of anilines is 1. The van der Waals surface area contributed by atoms with Crippen LogP contribution in [0.2, 0.25) is 0 Å². The molecule has 1 aliphatic rings. The minimum absolute atomic E-state index is 0.282. The molecule has 1 N–H and O–H groups in total. The summed E-state index contributed by atoms with van der Waals surface area (Å²) in [7, 11) is 2.82. The highest BCUT2D eigenvalue weighted by Crippen LogP contribution is 2.33. The van der Waals surface area contributed by atoms with Crippen molar-refractivity contribution in [3.63, 3.8) is 0 Å². The molecule has 0 spiro atoms. The van der Waals surface area contributed by atoms with Crippen molar-refractivity contribution in [2.45, 2.75) is 6.18 Å². The molecule has 2 aromatic rings. The lowest BCUT2D eigenvalue weighted by Crippen LogP contribution is -2.54. The Kier molecular flexibility index (Phi) is 5.50. The van der Waals surface area contributed by atoms with Crippen LogP contribution in [0.25, 0.3) is 6.08 Å². The number of carbonyl (C=O) groups excluding carboxylic acids is 3. The van der Waals surface area contributed by atoms with Gasteiger partial charge in [-0.05, 0) is 36.4 Å². The molecule has 7 nitrogen and oxygen atoms in total. The van der Waals surface area contributed by atoms with Crippen molar-refractivity contribution in [1.82, 2.24) is 5.32 Å². The van der Waals surface area contributed by atoms with Gasteiger partial charge in [-0.2, -0.15) is 13.2 Å². The number of halogens is 3. The number of nitrogens with zero attached hydrogens (tertiary/aromatic N) is 1. The smallest absolute Gasteiger partial charge is 0.416 e. The van der Waals surface area contributed by atoms with Gasteiger partial charge in [0, 0.05) is 11.6 Å². The van der Waals surface area contributed by atoms with E-state index < -0.39 is 35.2 Å². The quantitative estimate of drug-likeness (QED) is 0.606. The van der Waals surface area contributed by atoms with Gasteiger partial charge in [0.2, 0.25) is 0 Å². The zero-order valence-electron chi connectivity index (χ0n) is 15.7. The normalized spacial score (nSPS) is 16.0. The predicted molar refractivity (Wildman–Crippen MR) is 100.0 cm³/mol. The molecule has 0 unspecified atom stereocenters. The van der Waals surface area contributed by atoms with E-state index in [-0.39, 0.29) is 11.4 Å². The van der Waals surface area contributed by atoms with E-state index in [1.807, 2.05) is 5.32 Å². The Bertz CT molecular complexity index is 1060. The summed E-state index contributed by atoms with van der Waals surface area (Å²) in [6.45, 7) is 0. The number of barbiturate groups is 1. The lowest BCUT2D eigenvalue weighted by atomic mass is 10.1.